The SMILES string of the molecule is CNC(=O)CCC[C@H]1NC[C@@H]2C[C@H]1CN(Cc1ccccc1)C2.Cl. The second kappa shape index (κ2) is 9.40. The smallest absolute Gasteiger partial charge is 0.219 e. The number of hydrogen-bond donors (Lipinski definition) is 2. The van der Waals surface area contributed by atoms with E-state index in [0.717, 1.165) is 37.8 Å². The summed E-state index contributed by atoms with van der Waals surface area (Å²) in [7, 11) is 1.72. The van der Waals surface area contributed by atoms with Crippen molar-refractivity contribution in [2.75, 3.05) is 26.7 Å². The minimum Gasteiger partial charge on any atom is -0.359 e. The second-order valence-electron chi connectivity index (χ2n) is 7.12. The lowest BCUT2D eigenvalue weighted by atomic mass is 9.79. The van der Waals surface area contributed by atoms with Gasteiger partial charge in [-0.25, -0.2) is 0 Å². The Morgan fingerprint density at radius 3 is 2.83 bits per heavy atom. The molecule has 1 aromatic rings. The van der Waals surface area contributed by atoms with Crippen molar-refractivity contribution in [3.05, 3.63) is 35.9 Å². The molecule has 2 aliphatic heterocycles. The molecule has 3 atom stereocenters. The Morgan fingerprint density at radius 2 is 2.08 bits per heavy atom. The minimum absolute atomic E-state index is 0. The largest absolute Gasteiger partial charge is 0.359 e. The van der Waals surface area contributed by atoms with E-state index in [9.17, 15) is 4.79 Å². The highest BCUT2D eigenvalue weighted by molar-refractivity contribution is 5.85. The molecule has 4 nitrogen and oxygen atoms in total. The van der Waals surface area contributed by atoms with Gasteiger partial charge in [-0.15, -0.1) is 12.4 Å². The number of likely N-dealkylation sites (tertiary alicyclic amines) is 1. The van der Waals surface area contributed by atoms with Gasteiger partial charge in [-0.05, 0) is 43.2 Å². The molecule has 2 bridgehead atoms. The lowest BCUT2D eigenvalue weighted by Gasteiger charge is -2.46. The highest BCUT2D eigenvalue weighted by atomic mass is 35.5. The molecule has 3 rings (SSSR count). The molecule has 0 unspecified atom stereocenters. The van der Waals surface area contributed by atoms with Gasteiger partial charge in [0.1, 0.15) is 0 Å². The van der Waals surface area contributed by atoms with E-state index in [4.69, 9.17) is 0 Å². The fourth-order valence-corrected chi connectivity index (χ4v) is 4.19. The molecule has 2 aliphatic rings. The Labute approximate surface area is 151 Å². The van der Waals surface area contributed by atoms with E-state index in [1.165, 1.54) is 25.1 Å². The van der Waals surface area contributed by atoms with Crippen LogP contribution in [0, 0.1) is 11.8 Å². The lowest BCUT2D eigenvalue weighted by molar-refractivity contribution is -0.120. The van der Waals surface area contributed by atoms with Crippen molar-refractivity contribution in [1.29, 1.82) is 0 Å². The fraction of sp³-hybridized carbons (Fsp3) is 0.632. The monoisotopic (exact) mass is 351 g/mol. The number of halogens is 1. The van der Waals surface area contributed by atoms with Crippen LogP contribution >= 0.6 is 12.4 Å². The number of carbonyl (C=O) groups is 1. The maximum absolute atomic E-state index is 11.4. The normalized spacial score (nSPS) is 26.5. The first kappa shape index (κ1) is 19.2. The number of nitrogens with one attached hydrogen (secondary N) is 2. The quantitative estimate of drug-likeness (QED) is 0.827. The number of piperidine rings is 2. The van der Waals surface area contributed by atoms with Crippen molar-refractivity contribution in [2.45, 2.75) is 38.3 Å². The number of amides is 1. The van der Waals surface area contributed by atoms with E-state index in [1.54, 1.807) is 7.05 Å². The van der Waals surface area contributed by atoms with Gasteiger partial charge in [0, 0.05) is 39.1 Å². The first-order chi connectivity index (χ1) is 11.2. The zero-order valence-electron chi connectivity index (χ0n) is 14.5. The molecular formula is C19H30ClN3O. The van der Waals surface area contributed by atoms with Gasteiger partial charge in [0.15, 0.2) is 0 Å². The summed E-state index contributed by atoms with van der Waals surface area (Å²) in [5.41, 5.74) is 1.41. The molecule has 2 saturated heterocycles. The topological polar surface area (TPSA) is 44.4 Å². The number of hydrogen-bond acceptors (Lipinski definition) is 3. The molecule has 0 spiro atoms. The number of nitrogens with zero attached hydrogens (tertiary/aromatic N) is 1. The summed E-state index contributed by atoms with van der Waals surface area (Å²) < 4.78 is 0. The average Bonchev–Trinajstić information content (AvgIpc) is 2.57. The van der Waals surface area contributed by atoms with Crippen molar-refractivity contribution >= 4 is 18.3 Å². The standard InChI is InChI=1S/C19H29N3O.ClH/c1-20-19(23)9-5-8-18-17-10-16(11-21-18)13-22(14-17)12-15-6-3-2-4-7-15;/h2-4,6-7,16-18,21H,5,8-14H2,1H3,(H,20,23);1H/t16-,17-,18+;/m0./s1. The summed E-state index contributed by atoms with van der Waals surface area (Å²) in [6, 6.07) is 11.4. The Bertz CT molecular complexity index is 511. The Balaban J connectivity index is 0.00000208. The number of rotatable bonds is 6. The summed E-state index contributed by atoms with van der Waals surface area (Å²) >= 11 is 0. The predicted molar refractivity (Wildman–Crippen MR) is 100 cm³/mol. The molecule has 1 aromatic carbocycles. The third-order valence-electron chi connectivity index (χ3n) is 5.33. The molecule has 1 amide bonds. The van der Waals surface area contributed by atoms with Crippen molar-refractivity contribution in [1.82, 2.24) is 15.5 Å². The molecule has 0 radical (unpaired) electrons. The third kappa shape index (κ3) is 5.20. The molecule has 24 heavy (non-hydrogen) atoms. The van der Waals surface area contributed by atoms with Gasteiger partial charge in [0.2, 0.25) is 5.91 Å². The van der Waals surface area contributed by atoms with Crippen LogP contribution in [0.25, 0.3) is 0 Å². The fourth-order valence-electron chi connectivity index (χ4n) is 4.19. The molecule has 0 saturated carbocycles. The maximum atomic E-state index is 11.4. The van der Waals surface area contributed by atoms with Crippen LogP contribution in [0.1, 0.15) is 31.2 Å². The molecule has 2 heterocycles. The van der Waals surface area contributed by atoms with Crippen LogP contribution in [-0.2, 0) is 11.3 Å². The molecule has 2 fully saturated rings. The van der Waals surface area contributed by atoms with Gasteiger partial charge in [-0.3, -0.25) is 9.69 Å². The van der Waals surface area contributed by atoms with Gasteiger partial charge < -0.3 is 10.6 Å². The number of benzene rings is 1. The summed E-state index contributed by atoms with van der Waals surface area (Å²) in [6.07, 6.45) is 4.10. The molecule has 2 N–H and O–H groups in total. The molecule has 5 heteroatoms. The van der Waals surface area contributed by atoms with Crippen LogP contribution in [0.5, 0.6) is 0 Å². The van der Waals surface area contributed by atoms with Crippen LogP contribution in [0.3, 0.4) is 0 Å². The van der Waals surface area contributed by atoms with Crippen LogP contribution in [-0.4, -0.2) is 43.5 Å². The zero-order chi connectivity index (χ0) is 16.1. The van der Waals surface area contributed by atoms with E-state index in [-0.39, 0.29) is 18.3 Å². The Morgan fingerprint density at radius 1 is 1.29 bits per heavy atom. The van der Waals surface area contributed by atoms with Crippen LogP contribution in [0.4, 0.5) is 0 Å². The van der Waals surface area contributed by atoms with Crippen LogP contribution < -0.4 is 10.6 Å². The molecule has 0 aliphatic carbocycles. The Hall–Kier alpha value is -1.10. The lowest BCUT2D eigenvalue weighted by Crippen LogP contribution is -2.55. The van der Waals surface area contributed by atoms with Gasteiger partial charge in [0.05, 0.1) is 0 Å². The molecule has 134 valence electrons. The van der Waals surface area contributed by atoms with Crippen molar-refractivity contribution < 1.29 is 4.79 Å². The van der Waals surface area contributed by atoms with E-state index in [1.807, 2.05) is 0 Å². The van der Waals surface area contributed by atoms with Crippen molar-refractivity contribution in [3.8, 4) is 0 Å². The first-order valence-corrected chi connectivity index (χ1v) is 8.95. The molecular weight excluding hydrogens is 322 g/mol. The number of carbonyl (C=O) groups excluding carboxylic acids is 1. The van der Waals surface area contributed by atoms with E-state index in [0.29, 0.717) is 12.5 Å². The van der Waals surface area contributed by atoms with Gasteiger partial charge >= 0.3 is 0 Å². The van der Waals surface area contributed by atoms with E-state index < -0.39 is 0 Å². The highest BCUT2D eigenvalue weighted by Gasteiger charge is 2.35. The van der Waals surface area contributed by atoms with Crippen LogP contribution in [0.15, 0.2) is 30.3 Å². The predicted octanol–water partition coefficient (Wildman–Crippen LogP) is 2.43. The van der Waals surface area contributed by atoms with E-state index >= 15 is 0 Å². The summed E-state index contributed by atoms with van der Waals surface area (Å²) in [6.45, 7) is 4.59. The number of fused-ring (bicyclic) bond motifs is 2. The van der Waals surface area contributed by atoms with Crippen LogP contribution in [0.2, 0.25) is 0 Å². The second-order valence-corrected chi connectivity index (χ2v) is 7.12. The highest BCUT2D eigenvalue weighted by Crippen LogP contribution is 2.31. The zero-order valence-corrected chi connectivity index (χ0v) is 15.4. The third-order valence-corrected chi connectivity index (χ3v) is 5.33. The van der Waals surface area contributed by atoms with E-state index in [2.05, 4.69) is 45.9 Å². The van der Waals surface area contributed by atoms with Crippen molar-refractivity contribution in [2.24, 2.45) is 11.8 Å². The van der Waals surface area contributed by atoms with Gasteiger partial charge in [-0.2, -0.15) is 0 Å². The summed E-state index contributed by atoms with van der Waals surface area (Å²) in [5.74, 6) is 1.68. The minimum atomic E-state index is 0. The first-order valence-electron chi connectivity index (χ1n) is 8.95. The Kier molecular flexibility index (Phi) is 7.53. The summed E-state index contributed by atoms with van der Waals surface area (Å²) in [4.78, 5) is 14.0. The maximum Gasteiger partial charge on any atom is 0.219 e. The summed E-state index contributed by atoms with van der Waals surface area (Å²) in [5, 5.41) is 6.45. The van der Waals surface area contributed by atoms with Gasteiger partial charge in [0.25, 0.3) is 0 Å². The average molecular weight is 352 g/mol. The molecule has 0 aromatic heterocycles. The van der Waals surface area contributed by atoms with Gasteiger partial charge in [-0.1, -0.05) is 30.3 Å². The van der Waals surface area contributed by atoms with Crippen molar-refractivity contribution in [3.63, 3.8) is 0 Å².